The fraction of sp³-hybridized carbons (Fsp3) is 0.400. The van der Waals surface area contributed by atoms with Crippen LogP contribution in [0.5, 0.6) is 0 Å². The lowest BCUT2D eigenvalue weighted by Gasteiger charge is -2.19. The monoisotopic (exact) mass is 257 g/mol. The van der Waals surface area contributed by atoms with Gasteiger partial charge in [-0.1, -0.05) is 6.07 Å². The first-order chi connectivity index (χ1) is 7.59. The fourth-order valence-electron chi connectivity index (χ4n) is 1.64. The zero-order valence-corrected chi connectivity index (χ0v) is 8.71. The summed E-state index contributed by atoms with van der Waals surface area (Å²) in [6.07, 6.45) is -9.69. The van der Waals surface area contributed by atoms with Crippen molar-refractivity contribution in [1.82, 2.24) is 0 Å². The predicted molar refractivity (Wildman–Crippen MR) is 49.1 cm³/mol. The van der Waals surface area contributed by atoms with Gasteiger partial charge in [0.2, 0.25) is 0 Å². The summed E-state index contributed by atoms with van der Waals surface area (Å²) in [4.78, 5) is 0. The molecule has 0 saturated heterocycles. The van der Waals surface area contributed by atoms with Crippen LogP contribution in [0.1, 0.15) is 22.3 Å². The molecule has 17 heavy (non-hydrogen) atoms. The van der Waals surface area contributed by atoms with Gasteiger partial charge in [-0.15, -0.1) is 0 Å². The Morgan fingerprint density at radius 3 is 1.88 bits per heavy atom. The molecule has 0 spiro atoms. The van der Waals surface area contributed by atoms with Crippen LogP contribution in [0.3, 0.4) is 0 Å². The van der Waals surface area contributed by atoms with E-state index in [0.29, 0.717) is 6.07 Å². The standard InChI is InChI=1S/C10H9F6N/c1-5-2-3-7(9(11,12)13)6(4-17)8(5)10(14,15)16/h2-3H,4,17H2,1H3. The molecule has 0 aliphatic carbocycles. The summed E-state index contributed by atoms with van der Waals surface area (Å²) in [6, 6.07) is 1.41. The summed E-state index contributed by atoms with van der Waals surface area (Å²) in [5, 5.41) is 0. The molecule has 96 valence electrons. The quantitative estimate of drug-likeness (QED) is 0.766. The smallest absolute Gasteiger partial charge is 0.326 e. The van der Waals surface area contributed by atoms with Crippen molar-refractivity contribution in [2.75, 3.05) is 0 Å². The maximum atomic E-state index is 12.6. The van der Waals surface area contributed by atoms with Crippen LogP contribution in [0.4, 0.5) is 26.3 Å². The molecule has 0 bridgehead atoms. The van der Waals surface area contributed by atoms with Gasteiger partial charge in [0.15, 0.2) is 0 Å². The van der Waals surface area contributed by atoms with Gasteiger partial charge in [-0.2, -0.15) is 26.3 Å². The zero-order chi connectivity index (χ0) is 13.4. The molecule has 0 radical (unpaired) electrons. The number of nitrogens with two attached hydrogens (primary N) is 1. The molecule has 7 heteroatoms. The second-order valence-corrected chi connectivity index (χ2v) is 3.48. The molecule has 0 amide bonds. The summed E-state index contributed by atoms with van der Waals surface area (Å²) >= 11 is 0. The average Bonchev–Trinajstić information content (AvgIpc) is 2.12. The Kier molecular flexibility index (Phi) is 3.42. The molecule has 0 unspecified atom stereocenters. The number of benzene rings is 1. The van der Waals surface area contributed by atoms with Gasteiger partial charge in [0.25, 0.3) is 0 Å². The van der Waals surface area contributed by atoms with E-state index in [0.717, 1.165) is 13.0 Å². The third-order valence-corrected chi connectivity index (χ3v) is 2.31. The van der Waals surface area contributed by atoms with Crippen LogP contribution in [-0.4, -0.2) is 0 Å². The highest BCUT2D eigenvalue weighted by Crippen LogP contribution is 2.40. The first-order valence-corrected chi connectivity index (χ1v) is 4.56. The van der Waals surface area contributed by atoms with E-state index in [9.17, 15) is 26.3 Å². The molecule has 0 heterocycles. The molecular formula is C10H9F6N. The number of rotatable bonds is 1. The minimum absolute atomic E-state index is 0.272. The van der Waals surface area contributed by atoms with Crippen molar-refractivity contribution in [3.63, 3.8) is 0 Å². The normalized spacial score (nSPS) is 12.9. The molecule has 0 aliphatic rings. The van der Waals surface area contributed by atoms with E-state index >= 15 is 0 Å². The number of halogens is 6. The third-order valence-electron chi connectivity index (χ3n) is 2.31. The SMILES string of the molecule is Cc1ccc(C(F)(F)F)c(CN)c1C(F)(F)F. The minimum Gasteiger partial charge on any atom is -0.326 e. The zero-order valence-electron chi connectivity index (χ0n) is 8.71. The van der Waals surface area contributed by atoms with Crippen molar-refractivity contribution in [3.8, 4) is 0 Å². The van der Waals surface area contributed by atoms with E-state index in [1.807, 2.05) is 0 Å². The van der Waals surface area contributed by atoms with Crippen molar-refractivity contribution in [2.45, 2.75) is 25.8 Å². The van der Waals surface area contributed by atoms with Crippen LogP contribution in [0.15, 0.2) is 12.1 Å². The van der Waals surface area contributed by atoms with Crippen LogP contribution in [0.25, 0.3) is 0 Å². The van der Waals surface area contributed by atoms with Crippen LogP contribution >= 0.6 is 0 Å². The van der Waals surface area contributed by atoms with Gasteiger partial charge in [-0.3, -0.25) is 0 Å². The Bertz CT molecular complexity index is 418. The third kappa shape index (κ3) is 2.71. The van der Waals surface area contributed by atoms with Crippen LogP contribution in [0.2, 0.25) is 0 Å². The van der Waals surface area contributed by atoms with Gasteiger partial charge in [0.1, 0.15) is 0 Å². The van der Waals surface area contributed by atoms with Crippen LogP contribution in [-0.2, 0) is 18.9 Å². The number of alkyl halides is 6. The summed E-state index contributed by atoms with van der Waals surface area (Å²) in [6.45, 7) is 0.285. The molecule has 1 aromatic rings. The second kappa shape index (κ2) is 4.21. The maximum absolute atomic E-state index is 12.6. The van der Waals surface area contributed by atoms with E-state index in [1.165, 1.54) is 0 Å². The van der Waals surface area contributed by atoms with Gasteiger partial charge in [-0.25, -0.2) is 0 Å². The first kappa shape index (κ1) is 13.8. The maximum Gasteiger partial charge on any atom is 0.416 e. The Balaban J connectivity index is 3.60. The molecule has 2 N–H and O–H groups in total. The van der Waals surface area contributed by atoms with Crippen molar-refractivity contribution >= 4 is 0 Å². The molecule has 0 fully saturated rings. The minimum atomic E-state index is -4.85. The molecule has 1 rings (SSSR count). The largest absolute Gasteiger partial charge is 0.416 e. The van der Waals surface area contributed by atoms with Gasteiger partial charge in [-0.05, 0) is 24.1 Å². The average molecular weight is 257 g/mol. The van der Waals surface area contributed by atoms with E-state index in [-0.39, 0.29) is 5.56 Å². The highest BCUT2D eigenvalue weighted by atomic mass is 19.4. The molecule has 0 aliphatic heterocycles. The Morgan fingerprint density at radius 1 is 1.00 bits per heavy atom. The fourth-order valence-corrected chi connectivity index (χ4v) is 1.64. The van der Waals surface area contributed by atoms with Crippen LogP contribution in [0, 0.1) is 6.92 Å². The lowest BCUT2D eigenvalue weighted by Crippen LogP contribution is -2.20. The van der Waals surface area contributed by atoms with Crippen molar-refractivity contribution in [3.05, 3.63) is 34.4 Å². The number of hydrogen-bond acceptors (Lipinski definition) is 1. The van der Waals surface area contributed by atoms with Gasteiger partial charge < -0.3 is 5.73 Å². The summed E-state index contributed by atoms with van der Waals surface area (Å²) < 4.78 is 75.5. The summed E-state index contributed by atoms with van der Waals surface area (Å²) in [5.74, 6) is 0. The molecule has 0 atom stereocenters. The second-order valence-electron chi connectivity index (χ2n) is 3.48. The summed E-state index contributed by atoms with van der Waals surface area (Å²) in [7, 11) is 0. The molecule has 0 saturated carbocycles. The van der Waals surface area contributed by atoms with Gasteiger partial charge in [0, 0.05) is 6.54 Å². The number of aryl methyl sites for hydroxylation is 1. The van der Waals surface area contributed by atoms with Crippen molar-refractivity contribution in [1.29, 1.82) is 0 Å². The van der Waals surface area contributed by atoms with E-state index in [4.69, 9.17) is 5.73 Å². The molecule has 1 nitrogen and oxygen atoms in total. The van der Waals surface area contributed by atoms with E-state index in [1.54, 1.807) is 0 Å². The molecule has 0 aromatic heterocycles. The van der Waals surface area contributed by atoms with Crippen LogP contribution < -0.4 is 5.73 Å². The van der Waals surface area contributed by atoms with Gasteiger partial charge >= 0.3 is 12.4 Å². The highest BCUT2D eigenvalue weighted by Gasteiger charge is 2.41. The summed E-state index contributed by atoms with van der Waals surface area (Å²) in [5.41, 5.74) is 1.20. The Morgan fingerprint density at radius 2 is 1.53 bits per heavy atom. The predicted octanol–water partition coefficient (Wildman–Crippen LogP) is 3.49. The Labute approximate surface area is 93.2 Å². The molecular weight excluding hydrogens is 248 g/mol. The first-order valence-electron chi connectivity index (χ1n) is 4.56. The molecule has 1 aromatic carbocycles. The lowest BCUT2D eigenvalue weighted by molar-refractivity contribution is -0.144. The topological polar surface area (TPSA) is 26.0 Å². The lowest BCUT2D eigenvalue weighted by atomic mass is 9.95. The van der Waals surface area contributed by atoms with E-state index < -0.39 is 35.6 Å². The highest BCUT2D eigenvalue weighted by molar-refractivity contribution is 5.43. The van der Waals surface area contributed by atoms with E-state index in [2.05, 4.69) is 0 Å². The van der Waals surface area contributed by atoms with Crippen molar-refractivity contribution in [2.24, 2.45) is 5.73 Å². The van der Waals surface area contributed by atoms with Crippen molar-refractivity contribution < 1.29 is 26.3 Å². The van der Waals surface area contributed by atoms with Gasteiger partial charge in [0.05, 0.1) is 11.1 Å². The Hall–Kier alpha value is -1.24. The number of hydrogen-bond donors (Lipinski definition) is 1.